The van der Waals surface area contributed by atoms with Gasteiger partial charge in [-0.25, -0.2) is 0 Å². The fraction of sp³-hybridized carbons (Fsp3) is 0.500. The zero-order chi connectivity index (χ0) is 10.9. The number of nitrogens with zero attached hydrogens (tertiary/aromatic N) is 1. The molecule has 1 fully saturated rings. The van der Waals surface area contributed by atoms with Crippen LogP contribution in [0.25, 0.3) is 0 Å². The smallest absolute Gasteiger partial charge is 0.309 e. The Bertz CT molecular complexity index is 359. The van der Waals surface area contributed by atoms with Crippen LogP contribution >= 0.6 is 0 Å². The molecule has 3 nitrogen and oxygen atoms in total. The van der Waals surface area contributed by atoms with Crippen molar-refractivity contribution in [3.8, 4) is 0 Å². The van der Waals surface area contributed by atoms with Crippen LogP contribution in [-0.2, 0) is 11.2 Å². The maximum atomic E-state index is 11.3. The molecule has 1 N–H and O–H groups in total. The standard InChI is InChI=1S/C12H15NO2/c1-12(11(14)15,10-2-3-10)8-9-4-6-13-7-5-9/h4-7,10H,2-3,8H2,1H3,(H,14,15). The van der Waals surface area contributed by atoms with E-state index >= 15 is 0 Å². The summed E-state index contributed by atoms with van der Waals surface area (Å²) in [6.45, 7) is 1.85. The molecule has 15 heavy (non-hydrogen) atoms. The molecule has 0 bridgehead atoms. The Balaban J connectivity index is 2.17. The number of hydrogen-bond donors (Lipinski definition) is 1. The van der Waals surface area contributed by atoms with Gasteiger partial charge in [-0.1, -0.05) is 0 Å². The first kappa shape index (κ1) is 10.1. The molecular weight excluding hydrogens is 190 g/mol. The summed E-state index contributed by atoms with van der Waals surface area (Å²) in [4.78, 5) is 15.2. The third-order valence-corrected chi connectivity index (χ3v) is 3.29. The number of carboxylic acids is 1. The van der Waals surface area contributed by atoms with Crippen molar-refractivity contribution < 1.29 is 9.90 Å². The SMILES string of the molecule is CC(Cc1ccncc1)(C(=O)O)C1CC1. The van der Waals surface area contributed by atoms with Crippen LogP contribution in [0.15, 0.2) is 24.5 Å². The van der Waals surface area contributed by atoms with Crippen LogP contribution < -0.4 is 0 Å². The Morgan fingerprint density at radius 2 is 2.13 bits per heavy atom. The van der Waals surface area contributed by atoms with E-state index in [1.165, 1.54) is 0 Å². The molecule has 1 aliphatic rings. The zero-order valence-electron chi connectivity index (χ0n) is 8.81. The van der Waals surface area contributed by atoms with Gasteiger partial charge in [0.25, 0.3) is 0 Å². The molecule has 1 atom stereocenters. The Morgan fingerprint density at radius 1 is 1.53 bits per heavy atom. The fourth-order valence-electron chi connectivity index (χ4n) is 2.04. The van der Waals surface area contributed by atoms with E-state index in [4.69, 9.17) is 0 Å². The zero-order valence-corrected chi connectivity index (χ0v) is 8.81. The number of aromatic nitrogens is 1. The van der Waals surface area contributed by atoms with Gasteiger partial charge in [0.05, 0.1) is 5.41 Å². The van der Waals surface area contributed by atoms with Crippen LogP contribution in [0.2, 0.25) is 0 Å². The molecule has 1 heterocycles. The molecule has 3 heteroatoms. The minimum absolute atomic E-state index is 0.350. The second kappa shape index (κ2) is 3.65. The summed E-state index contributed by atoms with van der Waals surface area (Å²) in [7, 11) is 0. The van der Waals surface area contributed by atoms with Crippen LogP contribution in [0.3, 0.4) is 0 Å². The second-order valence-corrected chi connectivity index (χ2v) is 4.53. The molecule has 0 aliphatic heterocycles. The first-order valence-corrected chi connectivity index (χ1v) is 5.25. The fourth-order valence-corrected chi connectivity index (χ4v) is 2.04. The van der Waals surface area contributed by atoms with E-state index in [2.05, 4.69) is 4.98 Å². The number of carboxylic acid groups (broad SMARTS) is 1. The van der Waals surface area contributed by atoms with Crippen LogP contribution in [0.4, 0.5) is 0 Å². The second-order valence-electron chi connectivity index (χ2n) is 4.53. The predicted molar refractivity (Wildman–Crippen MR) is 56.4 cm³/mol. The van der Waals surface area contributed by atoms with Crippen molar-refractivity contribution in [2.24, 2.45) is 11.3 Å². The monoisotopic (exact) mass is 205 g/mol. The molecule has 1 aromatic rings. The Kier molecular flexibility index (Phi) is 2.47. The van der Waals surface area contributed by atoms with Gasteiger partial charge < -0.3 is 5.11 Å². The van der Waals surface area contributed by atoms with Gasteiger partial charge >= 0.3 is 5.97 Å². The lowest BCUT2D eigenvalue weighted by atomic mass is 9.79. The van der Waals surface area contributed by atoms with E-state index in [9.17, 15) is 9.90 Å². The van der Waals surface area contributed by atoms with Gasteiger partial charge in [0.1, 0.15) is 0 Å². The topological polar surface area (TPSA) is 50.2 Å². The highest BCUT2D eigenvalue weighted by Gasteiger charge is 2.47. The molecule has 1 aromatic heterocycles. The van der Waals surface area contributed by atoms with Crippen molar-refractivity contribution in [3.63, 3.8) is 0 Å². The summed E-state index contributed by atoms with van der Waals surface area (Å²) in [5, 5.41) is 9.29. The first-order chi connectivity index (χ1) is 7.13. The third-order valence-electron chi connectivity index (χ3n) is 3.29. The highest BCUT2D eigenvalue weighted by atomic mass is 16.4. The van der Waals surface area contributed by atoms with Gasteiger partial charge in [0.2, 0.25) is 0 Å². The lowest BCUT2D eigenvalue weighted by molar-refractivity contribution is -0.149. The van der Waals surface area contributed by atoms with Gasteiger partial charge in [0, 0.05) is 12.4 Å². The molecule has 1 aliphatic carbocycles. The molecule has 0 spiro atoms. The van der Waals surface area contributed by atoms with Crippen LogP contribution in [0.1, 0.15) is 25.3 Å². The maximum Gasteiger partial charge on any atom is 0.309 e. The quantitative estimate of drug-likeness (QED) is 0.819. The summed E-state index contributed by atoms with van der Waals surface area (Å²) < 4.78 is 0. The molecule has 0 saturated heterocycles. The lowest BCUT2D eigenvalue weighted by Crippen LogP contribution is -2.32. The predicted octanol–water partition coefficient (Wildman–Crippen LogP) is 2.12. The van der Waals surface area contributed by atoms with Gasteiger partial charge in [-0.05, 0) is 49.8 Å². The summed E-state index contributed by atoms with van der Waals surface area (Å²) in [6.07, 6.45) is 6.13. The molecule has 0 radical (unpaired) electrons. The van der Waals surface area contributed by atoms with E-state index in [1.807, 2.05) is 19.1 Å². The van der Waals surface area contributed by atoms with Crippen molar-refractivity contribution in [1.29, 1.82) is 0 Å². The average Bonchev–Trinajstić information content (AvgIpc) is 3.02. The van der Waals surface area contributed by atoms with Crippen molar-refractivity contribution >= 4 is 5.97 Å². The average molecular weight is 205 g/mol. The molecule has 0 amide bonds. The number of carbonyl (C=O) groups is 1. The molecule has 2 rings (SSSR count). The Hall–Kier alpha value is -1.38. The Morgan fingerprint density at radius 3 is 2.60 bits per heavy atom. The van der Waals surface area contributed by atoms with Crippen molar-refractivity contribution in [1.82, 2.24) is 4.98 Å². The van der Waals surface area contributed by atoms with E-state index in [0.717, 1.165) is 18.4 Å². The highest BCUT2D eigenvalue weighted by molar-refractivity contribution is 5.75. The molecule has 1 saturated carbocycles. The van der Waals surface area contributed by atoms with Gasteiger partial charge in [-0.2, -0.15) is 0 Å². The minimum Gasteiger partial charge on any atom is -0.481 e. The van der Waals surface area contributed by atoms with E-state index in [1.54, 1.807) is 12.4 Å². The van der Waals surface area contributed by atoms with Crippen molar-refractivity contribution in [2.75, 3.05) is 0 Å². The van der Waals surface area contributed by atoms with Gasteiger partial charge in [0.15, 0.2) is 0 Å². The highest BCUT2D eigenvalue weighted by Crippen LogP contribution is 2.47. The maximum absolute atomic E-state index is 11.3. The Labute approximate surface area is 89.2 Å². The summed E-state index contributed by atoms with van der Waals surface area (Å²) in [5.41, 5.74) is 0.461. The number of aliphatic carboxylic acids is 1. The summed E-state index contributed by atoms with van der Waals surface area (Å²) >= 11 is 0. The van der Waals surface area contributed by atoms with Gasteiger partial charge in [-0.15, -0.1) is 0 Å². The lowest BCUT2D eigenvalue weighted by Gasteiger charge is -2.24. The van der Waals surface area contributed by atoms with Crippen molar-refractivity contribution in [2.45, 2.75) is 26.2 Å². The molecule has 80 valence electrons. The molecule has 1 unspecified atom stereocenters. The van der Waals surface area contributed by atoms with Crippen LogP contribution in [0, 0.1) is 11.3 Å². The summed E-state index contributed by atoms with van der Waals surface area (Å²) in [5.74, 6) is -0.329. The summed E-state index contributed by atoms with van der Waals surface area (Å²) in [6, 6.07) is 3.78. The number of hydrogen-bond acceptors (Lipinski definition) is 2. The van der Waals surface area contributed by atoms with Crippen LogP contribution in [-0.4, -0.2) is 16.1 Å². The molecule has 0 aromatic carbocycles. The first-order valence-electron chi connectivity index (χ1n) is 5.25. The minimum atomic E-state index is -0.679. The number of rotatable bonds is 4. The van der Waals surface area contributed by atoms with Crippen molar-refractivity contribution in [3.05, 3.63) is 30.1 Å². The normalized spacial score (nSPS) is 19.5. The van der Waals surface area contributed by atoms with Crippen LogP contribution in [0.5, 0.6) is 0 Å². The van der Waals surface area contributed by atoms with Gasteiger partial charge in [-0.3, -0.25) is 9.78 Å². The molecular formula is C12H15NO2. The number of pyridine rings is 1. The third kappa shape index (κ3) is 2.01. The van der Waals surface area contributed by atoms with E-state index in [-0.39, 0.29) is 0 Å². The van der Waals surface area contributed by atoms with E-state index in [0.29, 0.717) is 12.3 Å². The largest absolute Gasteiger partial charge is 0.481 e. The van der Waals surface area contributed by atoms with E-state index < -0.39 is 11.4 Å².